The first-order valence-electron chi connectivity index (χ1n) is 19.2. The number of rotatable bonds is 6. The number of nitrogens with zero attached hydrogens (tertiary/aromatic N) is 3. The van der Waals surface area contributed by atoms with E-state index in [0.29, 0.717) is 17.5 Å². The Balaban J connectivity index is 1.24. The third-order valence-corrected chi connectivity index (χ3v) is 10.9. The van der Waals surface area contributed by atoms with Crippen LogP contribution in [-0.2, 0) is 5.41 Å². The molecule has 268 valence electrons. The van der Waals surface area contributed by atoms with Gasteiger partial charge in [-0.15, -0.1) is 0 Å². The molecular weight excluding hydrogens is 679 g/mol. The minimum Gasteiger partial charge on any atom is -0.208 e. The molecule has 0 atom stereocenters. The normalized spacial score (nSPS) is 15.2. The molecule has 0 amide bonds. The number of hydrogen-bond acceptors (Lipinski definition) is 3. The molecule has 1 aliphatic rings. The second kappa shape index (κ2) is 14.7. The van der Waals surface area contributed by atoms with Crippen LogP contribution >= 0.6 is 0 Å². The van der Waals surface area contributed by atoms with E-state index in [1.54, 1.807) is 0 Å². The predicted molar refractivity (Wildman–Crippen MR) is 235 cm³/mol. The monoisotopic (exact) mass is 719 g/mol. The van der Waals surface area contributed by atoms with Crippen molar-refractivity contribution in [1.82, 2.24) is 15.0 Å². The van der Waals surface area contributed by atoms with Gasteiger partial charge in [-0.2, -0.15) is 0 Å². The second-order valence-electron chi connectivity index (χ2n) is 15.1. The van der Waals surface area contributed by atoms with E-state index in [2.05, 4.69) is 196 Å². The van der Waals surface area contributed by atoms with E-state index in [4.69, 9.17) is 15.0 Å². The van der Waals surface area contributed by atoms with Crippen LogP contribution in [0.2, 0.25) is 0 Å². The number of aromatic nitrogens is 3. The number of allylic oxidation sites excluding steroid dienone is 5. The third-order valence-electron chi connectivity index (χ3n) is 10.9. The highest BCUT2D eigenvalue weighted by atomic mass is 15.0. The Morgan fingerprint density at radius 2 is 0.964 bits per heavy atom. The van der Waals surface area contributed by atoms with E-state index in [1.807, 2.05) is 12.1 Å². The van der Waals surface area contributed by atoms with Crippen LogP contribution in [0.3, 0.4) is 0 Å². The predicted octanol–water partition coefficient (Wildman–Crippen LogP) is 13.7. The van der Waals surface area contributed by atoms with Crippen LogP contribution in [0.4, 0.5) is 0 Å². The summed E-state index contributed by atoms with van der Waals surface area (Å²) in [5.41, 5.74) is 13.1. The molecule has 1 aromatic heterocycles. The maximum absolute atomic E-state index is 5.34. The molecule has 3 nitrogen and oxygen atoms in total. The highest BCUT2D eigenvalue weighted by Crippen LogP contribution is 2.43. The van der Waals surface area contributed by atoms with Gasteiger partial charge in [-0.25, -0.2) is 15.0 Å². The van der Waals surface area contributed by atoms with Gasteiger partial charge in [-0.1, -0.05) is 209 Å². The molecule has 0 bridgehead atoms. The van der Waals surface area contributed by atoms with Crippen molar-refractivity contribution in [3.8, 4) is 56.4 Å². The molecule has 0 N–H and O–H groups in total. The Bertz CT molecular complexity index is 2670. The summed E-state index contributed by atoms with van der Waals surface area (Å²) in [5, 5.41) is 2.23. The lowest BCUT2D eigenvalue weighted by molar-refractivity contribution is 0.540. The Labute approximate surface area is 329 Å². The van der Waals surface area contributed by atoms with Crippen LogP contribution < -0.4 is 0 Å². The van der Waals surface area contributed by atoms with E-state index >= 15 is 0 Å². The van der Waals surface area contributed by atoms with Crippen molar-refractivity contribution in [2.45, 2.75) is 25.7 Å². The summed E-state index contributed by atoms with van der Waals surface area (Å²) in [7, 11) is 0. The van der Waals surface area contributed by atoms with Gasteiger partial charge >= 0.3 is 0 Å². The largest absolute Gasteiger partial charge is 0.208 e. The molecule has 1 aliphatic carbocycles. The van der Waals surface area contributed by atoms with Gasteiger partial charge < -0.3 is 0 Å². The summed E-state index contributed by atoms with van der Waals surface area (Å²) >= 11 is 0. The minimum atomic E-state index is -0.184. The van der Waals surface area contributed by atoms with Crippen molar-refractivity contribution in [1.29, 1.82) is 0 Å². The molecule has 56 heavy (non-hydrogen) atoms. The summed E-state index contributed by atoms with van der Waals surface area (Å²) in [6, 6.07) is 59.6. The molecule has 3 heteroatoms. The SMILES string of the molecule is C=C1/C=C\C=C(\c2ccc3ccccc3c2-c2nc(-c3ccc(-c4ccccc4)cc3)nc(-c3ccc(-c4ccccc4)cc3)n2)CC(C)(C)c2ccccc21. The maximum atomic E-state index is 5.34. The molecule has 0 saturated heterocycles. The fraction of sp³-hybridized carbons (Fsp3) is 0.0755. The molecule has 0 spiro atoms. The number of fused-ring (bicyclic) bond motifs is 2. The minimum absolute atomic E-state index is 0.184. The third kappa shape index (κ3) is 6.80. The van der Waals surface area contributed by atoms with Crippen LogP contribution in [0.15, 0.2) is 195 Å². The highest BCUT2D eigenvalue weighted by Gasteiger charge is 2.28. The van der Waals surface area contributed by atoms with Gasteiger partial charge in [0, 0.05) is 16.7 Å². The zero-order valence-electron chi connectivity index (χ0n) is 31.7. The first-order valence-corrected chi connectivity index (χ1v) is 19.2. The first kappa shape index (κ1) is 34.8. The molecule has 0 unspecified atom stereocenters. The van der Waals surface area contributed by atoms with Crippen molar-refractivity contribution in [3.63, 3.8) is 0 Å². The van der Waals surface area contributed by atoms with E-state index in [9.17, 15) is 0 Å². The molecule has 0 aliphatic heterocycles. The van der Waals surface area contributed by atoms with Crippen LogP contribution in [0.5, 0.6) is 0 Å². The topological polar surface area (TPSA) is 38.7 Å². The van der Waals surface area contributed by atoms with Gasteiger partial charge in [0.05, 0.1) is 0 Å². The zero-order valence-corrected chi connectivity index (χ0v) is 31.7. The Morgan fingerprint density at radius 1 is 0.464 bits per heavy atom. The maximum Gasteiger partial charge on any atom is 0.165 e. The Morgan fingerprint density at radius 3 is 1.59 bits per heavy atom. The fourth-order valence-corrected chi connectivity index (χ4v) is 7.95. The van der Waals surface area contributed by atoms with Gasteiger partial charge in [-0.3, -0.25) is 0 Å². The summed E-state index contributed by atoms with van der Waals surface area (Å²) in [6.45, 7) is 9.11. The van der Waals surface area contributed by atoms with E-state index in [-0.39, 0.29) is 5.41 Å². The van der Waals surface area contributed by atoms with Crippen LogP contribution in [-0.4, -0.2) is 15.0 Å². The van der Waals surface area contributed by atoms with Crippen molar-refractivity contribution in [3.05, 3.63) is 211 Å². The average molecular weight is 720 g/mol. The summed E-state index contributed by atoms with van der Waals surface area (Å²) in [6.07, 6.45) is 7.32. The summed E-state index contributed by atoms with van der Waals surface area (Å²) in [5.74, 6) is 1.90. The van der Waals surface area contributed by atoms with Gasteiger partial charge in [-0.05, 0) is 72.7 Å². The van der Waals surface area contributed by atoms with E-state index in [1.165, 1.54) is 27.8 Å². The van der Waals surface area contributed by atoms with Crippen molar-refractivity contribution >= 4 is 21.9 Å². The first-order chi connectivity index (χ1) is 27.4. The van der Waals surface area contributed by atoms with Crippen molar-refractivity contribution in [2.75, 3.05) is 0 Å². The molecule has 9 rings (SSSR count). The molecule has 8 aromatic rings. The smallest absolute Gasteiger partial charge is 0.165 e. The second-order valence-corrected chi connectivity index (χ2v) is 15.1. The lowest BCUT2D eigenvalue weighted by atomic mass is 9.74. The van der Waals surface area contributed by atoms with Crippen LogP contribution in [0, 0.1) is 0 Å². The number of hydrogen-bond donors (Lipinski definition) is 0. The molecule has 0 saturated carbocycles. The van der Waals surface area contributed by atoms with E-state index in [0.717, 1.165) is 56.1 Å². The highest BCUT2D eigenvalue weighted by molar-refractivity contribution is 6.01. The van der Waals surface area contributed by atoms with Gasteiger partial charge in [0.25, 0.3) is 0 Å². The molecule has 1 heterocycles. The molecule has 0 radical (unpaired) electrons. The van der Waals surface area contributed by atoms with Gasteiger partial charge in [0.1, 0.15) is 0 Å². The molecular formula is C53H41N3. The quantitative estimate of drug-likeness (QED) is 0.172. The van der Waals surface area contributed by atoms with Crippen LogP contribution in [0.1, 0.15) is 37.0 Å². The van der Waals surface area contributed by atoms with Gasteiger partial charge in [0.2, 0.25) is 0 Å². The Hall–Kier alpha value is -6.97. The van der Waals surface area contributed by atoms with Crippen molar-refractivity contribution in [2.24, 2.45) is 0 Å². The summed E-state index contributed by atoms with van der Waals surface area (Å²) in [4.78, 5) is 15.8. The Kier molecular flexibility index (Phi) is 9.12. The van der Waals surface area contributed by atoms with E-state index < -0.39 is 0 Å². The van der Waals surface area contributed by atoms with Crippen LogP contribution in [0.25, 0.3) is 78.3 Å². The summed E-state index contributed by atoms with van der Waals surface area (Å²) < 4.78 is 0. The lowest BCUT2D eigenvalue weighted by Gasteiger charge is -2.30. The zero-order chi connectivity index (χ0) is 38.1. The fourth-order valence-electron chi connectivity index (χ4n) is 7.95. The average Bonchev–Trinajstić information content (AvgIpc) is 3.30. The molecule has 7 aromatic carbocycles. The lowest BCUT2D eigenvalue weighted by Crippen LogP contribution is -2.19. The number of benzene rings is 7. The van der Waals surface area contributed by atoms with Gasteiger partial charge in [0.15, 0.2) is 17.5 Å². The molecule has 0 fully saturated rings. The standard InChI is InChI=1S/C53H41N3/c1-36-15-14-21-44(35-53(2,3)48-24-13-12-22-45(36)48)47-34-33-41-20-10-11-23-46(41)49(47)52-55-50(42-29-25-39(26-30-42)37-16-6-4-7-17-37)54-51(56-52)43-31-27-40(28-32-43)38-18-8-5-9-19-38/h4-34H,1,35H2,2-3H3/b15-14-,44-21+. The van der Waals surface area contributed by atoms with Crippen molar-refractivity contribution < 1.29 is 0 Å².